The van der Waals surface area contributed by atoms with E-state index in [1.165, 1.54) is 17.4 Å². The fraction of sp³-hybridized carbons (Fsp3) is 0.593. The highest BCUT2D eigenvalue weighted by Gasteiger charge is 2.40. The van der Waals surface area contributed by atoms with E-state index in [2.05, 4.69) is 20.9 Å². The Kier molecular flexibility index (Phi) is 8.76. The van der Waals surface area contributed by atoms with Crippen molar-refractivity contribution in [1.82, 2.24) is 25.8 Å². The summed E-state index contributed by atoms with van der Waals surface area (Å²) < 4.78 is 44.5. The Morgan fingerprint density at radius 3 is 2.77 bits per heavy atom. The van der Waals surface area contributed by atoms with Gasteiger partial charge in [-0.3, -0.25) is 14.5 Å². The minimum atomic E-state index is -4.55. The number of nitrogens with zero attached hydrogens (tertiary/aromatic N) is 2. The highest BCUT2D eigenvalue weighted by Crippen LogP contribution is 2.40. The predicted octanol–water partition coefficient (Wildman–Crippen LogP) is 2.57. The molecule has 2 aromatic rings. The minimum Gasteiger partial charge on any atom is -0.384 e. The van der Waals surface area contributed by atoms with Crippen LogP contribution >= 0.6 is 11.3 Å². The molecule has 0 spiro atoms. The van der Waals surface area contributed by atoms with Crippen LogP contribution in [0.25, 0.3) is 0 Å². The van der Waals surface area contributed by atoms with Crippen LogP contribution in [0.5, 0.6) is 0 Å². The molecule has 5 rings (SSSR count). The lowest BCUT2D eigenvalue weighted by Crippen LogP contribution is -2.45. The summed E-state index contributed by atoms with van der Waals surface area (Å²) in [4.78, 5) is 31.7. The van der Waals surface area contributed by atoms with Gasteiger partial charge in [-0.15, -0.1) is 11.3 Å². The average Bonchev–Trinajstić information content (AvgIpc) is 3.63. The Labute approximate surface area is 234 Å². The number of morpholine rings is 1. The molecule has 1 unspecified atom stereocenters. The van der Waals surface area contributed by atoms with Crippen molar-refractivity contribution in [2.45, 2.75) is 62.1 Å². The largest absolute Gasteiger partial charge is 0.416 e. The number of carbonyl (C=O) groups excluding carboxylic acids is 2. The molecule has 13 heteroatoms. The third-order valence-electron chi connectivity index (χ3n) is 7.95. The zero-order valence-electron chi connectivity index (χ0n) is 22.0. The summed E-state index contributed by atoms with van der Waals surface area (Å²) in [5.74, 6) is -1.12. The van der Waals surface area contributed by atoms with Crippen LogP contribution in [0.1, 0.15) is 64.8 Å². The second-order valence-electron chi connectivity index (χ2n) is 10.7. The van der Waals surface area contributed by atoms with Gasteiger partial charge in [0.15, 0.2) is 0 Å². The Bertz CT molecular complexity index is 1190. The Morgan fingerprint density at radius 2 is 2.05 bits per heavy atom. The Morgan fingerprint density at radius 1 is 1.25 bits per heavy atom. The topological polar surface area (TPSA) is 116 Å². The number of aromatic nitrogens is 1. The lowest BCUT2D eigenvalue weighted by molar-refractivity contribution is -0.137. The summed E-state index contributed by atoms with van der Waals surface area (Å²) in [5, 5.41) is 22.8. The SMILES string of the molecule is O=C(CNC(=O)c1cccc(C(F)(F)F)c1)N[C@@H]1CCN(C2CCC(O)(c3csc(C4CNCCO4)n3)CC2)C1. The molecule has 3 heterocycles. The van der Waals surface area contributed by atoms with Crippen LogP contribution in [-0.2, 0) is 21.3 Å². The van der Waals surface area contributed by atoms with E-state index < -0.39 is 23.2 Å². The molecule has 0 bridgehead atoms. The van der Waals surface area contributed by atoms with E-state index in [-0.39, 0.29) is 30.2 Å². The average molecular weight is 582 g/mol. The summed E-state index contributed by atoms with van der Waals surface area (Å²) in [6, 6.07) is 4.32. The fourth-order valence-corrected chi connectivity index (χ4v) is 6.65. The Hall–Kier alpha value is -2.58. The monoisotopic (exact) mass is 581 g/mol. The number of hydrogen-bond acceptors (Lipinski definition) is 8. The summed E-state index contributed by atoms with van der Waals surface area (Å²) in [7, 11) is 0. The van der Waals surface area contributed by atoms with Gasteiger partial charge in [-0.05, 0) is 50.3 Å². The molecule has 2 atom stereocenters. The second-order valence-corrected chi connectivity index (χ2v) is 11.6. The molecule has 1 aliphatic carbocycles. The molecule has 3 fully saturated rings. The maximum absolute atomic E-state index is 12.9. The molecule has 40 heavy (non-hydrogen) atoms. The molecule has 1 saturated carbocycles. The lowest BCUT2D eigenvalue weighted by atomic mass is 9.80. The van der Waals surface area contributed by atoms with E-state index in [1.807, 2.05) is 5.38 Å². The number of rotatable bonds is 7. The normalized spacial score (nSPS) is 27.9. The number of amides is 2. The molecule has 2 saturated heterocycles. The zero-order chi connectivity index (χ0) is 28.3. The number of ether oxygens (including phenoxy) is 1. The summed E-state index contributed by atoms with van der Waals surface area (Å²) in [6.45, 7) is 3.38. The molecule has 4 N–H and O–H groups in total. The van der Waals surface area contributed by atoms with Crippen LogP contribution in [0.3, 0.4) is 0 Å². The number of likely N-dealkylation sites (tertiary alicyclic amines) is 1. The van der Waals surface area contributed by atoms with Crippen molar-refractivity contribution in [2.24, 2.45) is 0 Å². The van der Waals surface area contributed by atoms with Gasteiger partial charge in [0.25, 0.3) is 5.91 Å². The maximum atomic E-state index is 12.9. The van der Waals surface area contributed by atoms with E-state index in [9.17, 15) is 27.9 Å². The number of carbonyl (C=O) groups is 2. The molecule has 2 aliphatic heterocycles. The van der Waals surface area contributed by atoms with Crippen molar-refractivity contribution in [3.05, 3.63) is 51.5 Å². The molecular weight excluding hydrogens is 547 g/mol. The zero-order valence-corrected chi connectivity index (χ0v) is 22.8. The van der Waals surface area contributed by atoms with E-state index in [0.29, 0.717) is 32.0 Å². The van der Waals surface area contributed by atoms with Crippen molar-refractivity contribution < 1.29 is 32.6 Å². The Balaban J connectivity index is 1.05. The molecule has 3 aliphatic rings. The number of nitrogens with one attached hydrogen (secondary N) is 3. The number of halogens is 3. The van der Waals surface area contributed by atoms with E-state index in [4.69, 9.17) is 9.72 Å². The lowest BCUT2D eigenvalue weighted by Gasteiger charge is -2.39. The van der Waals surface area contributed by atoms with Crippen molar-refractivity contribution in [1.29, 1.82) is 0 Å². The minimum absolute atomic E-state index is 0.0712. The molecule has 218 valence electrons. The van der Waals surface area contributed by atoms with Crippen molar-refractivity contribution >= 4 is 23.2 Å². The first-order chi connectivity index (χ1) is 19.1. The fourth-order valence-electron chi connectivity index (χ4n) is 5.69. The van der Waals surface area contributed by atoms with Crippen molar-refractivity contribution in [3.8, 4) is 0 Å². The van der Waals surface area contributed by atoms with E-state index in [1.54, 1.807) is 0 Å². The van der Waals surface area contributed by atoms with Crippen LogP contribution in [0.2, 0.25) is 0 Å². The first-order valence-corrected chi connectivity index (χ1v) is 14.5. The van der Waals surface area contributed by atoms with Crippen LogP contribution in [0.4, 0.5) is 13.2 Å². The predicted molar refractivity (Wildman–Crippen MR) is 142 cm³/mol. The molecule has 0 radical (unpaired) electrons. The van der Waals surface area contributed by atoms with Gasteiger partial charge in [0, 0.05) is 49.2 Å². The van der Waals surface area contributed by atoms with Crippen LogP contribution < -0.4 is 16.0 Å². The number of thiazole rings is 1. The van der Waals surface area contributed by atoms with E-state index >= 15 is 0 Å². The third-order valence-corrected chi connectivity index (χ3v) is 8.88. The summed E-state index contributed by atoms with van der Waals surface area (Å²) in [6.07, 6.45) is -1.00. The highest BCUT2D eigenvalue weighted by molar-refractivity contribution is 7.09. The number of aliphatic hydroxyl groups is 1. The number of hydrogen-bond donors (Lipinski definition) is 4. The molecule has 1 aromatic carbocycles. The molecule has 1 aromatic heterocycles. The molecular formula is C27H34F3N5O4S. The quantitative estimate of drug-likeness (QED) is 0.397. The smallest absolute Gasteiger partial charge is 0.384 e. The summed E-state index contributed by atoms with van der Waals surface area (Å²) >= 11 is 1.53. The van der Waals surface area contributed by atoms with Gasteiger partial charge >= 0.3 is 6.18 Å². The van der Waals surface area contributed by atoms with Gasteiger partial charge in [0.2, 0.25) is 5.91 Å². The summed E-state index contributed by atoms with van der Waals surface area (Å²) in [5.41, 5.74) is -1.29. The highest BCUT2D eigenvalue weighted by atomic mass is 32.1. The standard InChI is InChI=1S/C27H34F3N5O4S/c28-27(29,30)18-3-1-2-17(12-18)24(37)32-14-23(36)33-19-6-10-35(15-19)20-4-7-26(38,8-5-20)22-16-40-25(34-22)21-13-31-9-11-39-21/h1-3,12,16,19-21,31,38H,4-11,13-15H2,(H,32,37)(H,33,36)/t19-,20?,21?,26?/m1/s1. The molecule has 2 amide bonds. The van der Waals surface area contributed by atoms with Gasteiger partial charge < -0.3 is 25.8 Å². The second kappa shape index (κ2) is 12.1. The van der Waals surface area contributed by atoms with Crippen molar-refractivity contribution in [2.75, 3.05) is 39.3 Å². The number of alkyl halides is 3. The van der Waals surface area contributed by atoms with E-state index in [0.717, 1.165) is 67.8 Å². The molecule has 9 nitrogen and oxygen atoms in total. The van der Waals surface area contributed by atoms with Gasteiger partial charge in [0.05, 0.1) is 24.4 Å². The maximum Gasteiger partial charge on any atom is 0.416 e. The van der Waals surface area contributed by atoms with Crippen LogP contribution in [0, 0.1) is 0 Å². The first kappa shape index (κ1) is 28.9. The van der Waals surface area contributed by atoms with Crippen LogP contribution in [-0.4, -0.2) is 78.2 Å². The van der Waals surface area contributed by atoms with Gasteiger partial charge in [0.1, 0.15) is 16.7 Å². The first-order valence-electron chi connectivity index (χ1n) is 13.6. The van der Waals surface area contributed by atoms with Crippen LogP contribution in [0.15, 0.2) is 29.6 Å². The number of benzene rings is 1. The van der Waals surface area contributed by atoms with Gasteiger partial charge in [-0.2, -0.15) is 13.2 Å². The van der Waals surface area contributed by atoms with Crippen molar-refractivity contribution in [3.63, 3.8) is 0 Å². The van der Waals surface area contributed by atoms with Gasteiger partial charge in [-0.1, -0.05) is 6.07 Å². The third kappa shape index (κ3) is 6.82. The van der Waals surface area contributed by atoms with Gasteiger partial charge in [-0.25, -0.2) is 4.98 Å².